The van der Waals surface area contributed by atoms with Crippen LogP contribution in [-0.4, -0.2) is 64.5 Å². The molecule has 0 amide bonds. The summed E-state index contributed by atoms with van der Waals surface area (Å²) >= 11 is 2.08. The number of ketones is 1. The van der Waals surface area contributed by atoms with E-state index in [0.717, 1.165) is 41.4 Å². The van der Waals surface area contributed by atoms with Crippen LogP contribution >= 0.6 is 11.8 Å². The Morgan fingerprint density at radius 1 is 1.14 bits per heavy atom. The lowest BCUT2D eigenvalue weighted by Crippen LogP contribution is -2.44. The zero-order valence-corrected chi connectivity index (χ0v) is 21.6. The first kappa shape index (κ1) is 26.0. The lowest BCUT2D eigenvalue weighted by atomic mass is 9.81. The second-order valence-electron chi connectivity index (χ2n) is 9.98. The number of piperidine rings is 1. The molecule has 0 spiro atoms. The molecular weight excluding hydrogens is 460 g/mol. The molecule has 7 heteroatoms. The van der Waals surface area contributed by atoms with Gasteiger partial charge in [-0.05, 0) is 62.4 Å². The van der Waals surface area contributed by atoms with E-state index in [0.29, 0.717) is 30.7 Å². The highest BCUT2D eigenvalue weighted by molar-refractivity contribution is 7.99. The molecule has 1 N–H and O–H groups in total. The number of carbonyl (C=O) groups excluding carboxylic acids is 1. The van der Waals surface area contributed by atoms with Crippen molar-refractivity contribution >= 4 is 34.4 Å². The molecule has 2 aromatic rings. The third-order valence-corrected chi connectivity index (χ3v) is 9.07. The molecule has 0 bridgehead atoms. The van der Waals surface area contributed by atoms with Crippen molar-refractivity contribution in [3.63, 3.8) is 0 Å². The minimum absolute atomic E-state index is 0.0323. The fourth-order valence-corrected chi connectivity index (χ4v) is 6.96. The Morgan fingerprint density at radius 2 is 1.94 bits per heavy atom. The Hall–Kier alpha value is -2.12. The van der Waals surface area contributed by atoms with Crippen LogP contribution in [0.2, 0.25) is 0 Å². The number of rotatable bonds is 10. The van der Waals surface area contributed by atoms with Gasteiger partial charge in [0.1, 0.15) is 5.75 Å². The highest BCUT2D eigenvalue weighted by atomic mass is 32.2. The molecule has 1 aromatic carbocycles. The summed E-state index contributed by atoms with van der Waals surface area (Å²) in [6, 6.07) is 7.30. The van der Waals surface area contributed by atoms with Gasteiger partial charge in [0.05, 0.1) is 18.5 Å². The van der Waals surface area contributed by atoms with E-state index in [1.54, 1.807) is 19.4 Å². The Morgan fingerprint density at radius 3 is 2.69 bits per heavy atom. The SMILES string of the molecule is COc1ccc2nccc(C(=O)CC[C@@H]3CCN(CCSC4CCCCCC4)C[C@@H]3C(=O)O)c2c1. The summed E-state index contributed by atoms with van der Waals surface area (Å²) in [5.41, 5.74) is 1.39. The summed E-state index contributed by atoms with van der Waals surface area (Å²) in [5, 5.41) is 11.5. The molecule has 1 aromatic heterocycles. The van der Waals surface area contributed by atoms with Gasteiger partial charge in [0.25, 0.3) is 0 Å². The third-order valence-electron chi connectivity index (χ3n) is 7.71. The monoisotopic (exact) mass is 498 g/mol. The predicted molar refractivity (Wildman–Crippen MR) is 141 cm³/mol. The second-order valence-corrected chi connectivity index (χ2v) is 11.4. The minimum atomic E-state index is -0.734. The van der Waals surface area contributed by atoms with Gasteiger partial charge in [0.2, 0.25) is 0 Å². The van der Waals surface area contributed by atoms with Crippen molar-refractivity contribution in [2.24, 2.45) is 11.8 Å². The van der Waals surface area contributed by atoms with Crippen LogP contribution in [0.5, 0.6) is 5.75 Å². The molecule has 6 nitrogen and oxygen atoms in total. The van der Waals surface area contributed by atoms with Crippen LogP contribution in [0.15, 0.2) is 30.5 Å². The maximum atomic E-state index is 13.1. The van der Waals surface area contributed by atoms with E-state index in [-0.39, 0.29) is 11.7 Å². The number of carboxylic acid groups (broad SMARTS) is 1. The normalized spacial score (nSPS) is 22.1. The van der Waals surface area contributed by atoms with E-state index in [4.69, 9.17) is 4.74 Å². The van der Waals surface area contributed by atoms with Crippen LogP contribution in [0, 0.1) is 11.8 Å². The Balaban J connectivity index is 1.30. The molecule has 1 aliphatic heterocycles. The van der Waals surface area contributed by atoms with Crippen molar-refractivity contribution in [1.29, 1.82) is 0 Å². The first-order chi connectivity index (χ1) is 17.0. The second kappa shape index (κ2) is 12.7. The molecular formula is C28H38N2O4S. The number of hydrogen-bond acceptors (Lipinski definition) is 6. The molecule has 1 saturated heterocycles. The number of hydrogen-bond donors (Lipinski definition) is 1. The maximum Gasteiger partial charge on any atom is 0.308 e. The number of benzene rings is 1. The zero-order valence-electron chi connectivity index (χ0n) is 20.8. The van der Waals surface area contributed by atoms with E-state index in [2.05, 4.69) is 21.6 Å². The summed E-state index contributed by atoms with van der Waals surface area (Å²) < 4.78 is 5.32. The summed E-state index contributed by atoms with van der Waals surface area (Å²) in [6.45, 7) is 2.47. The van der Waals surface area contributed by atoms with Gasteiger partial charge in [0, 0.05) is 47.7 Å². The van der Waals surface area contributed by atoms with E-state index in [1.165, 1.54) is 38.5 Å². The molecule has 0 radical (unpaired) electrons. The quantitative estimate of drug-likeness (QED) is 0.333. The zero-order chi connectivity index (χ0) is 24.6. The van der Waals surface area contributed by atoms with E-state index in [1.807, 2.05) is 18.2 Å². The molecule has 2 fully saturated rings. The minimum Gasteiger partial charge on any atom is -0.497 e. The molecule has 2 aliphatic rings. The Labute approximate surface area is 212 Å². The molecule has 0 unspecified atom stereocenters. The van der Waals surface area contributed by atoms with Crippen molar-refractivity contribution in [2.45, 2.75) is 63.0 Å². The molecule has 4 rings (SSSR count). The average molecular weight is 499 g/mol. The topological polar surface area (TPSA) is 79.7 Å². The molecule has 190 valence electrons. The summed E-state index contributed by atoms with van der Waals surface area (Å²) in [6.07, 6.45) is 11.6. The first-order valence-corrected chi connectivity index (χ1v) is 14.1. The Kier molecular flexibility index (Phi) is 9.44. The van der Waals surface area contributed by atoms with Gasteiger partial charge in [-0.2, -0.15) is 11.8 Å². The number of ether oxygens (including phenoxy) is 1. The fraction of sp³-hybridized carbons (Fsp3) is 0.607. The van der Waals surface area contributed by atoms with Gasteiger partial charge >= 0.3 is 5.97 Å². The van der Waals surface area contributed by atoms with Gasteiger partial charge in [-0.15, -0.1) is 0 Å². The number of nitrogens with zero attached hydrogens (tertiary/aromatic N) is 2. The average Bonchev–Trinajstić information content (AvgIpc) is 3.15. The Bertz CT molecular complexity index is 1010. The van der Waals surface area contributed by atoms with Gasteiger partial charge in [-0.1, -0.05) is 25.7 Å². The number of carboxylic acids is 1. The lowest BCUT2D eigenvalue weighted by Gasteiger charge is -2.36. The fourth-order valence-electron chi connectivity index (χ4n) is 5.60. The summed E-state index contributed by atoms with van der Waals surface area (Å²) in [5.74, 6) is 0.701. The first-order valence-electron chi connectivity index (χ1n) is 13.1. The van der Waals surface area contributed by atoms with Crippen molar-refractivity contribution in [2.75, 3.05) is 32.5 Å². The highest BCUT2D eigenvalue weighted by Gasteiger charge is 2.34. The standard InChI is InChI=1S/C28H38N2O4S/c1-34-21-9-10-26-24(18-21)23(12-14-29-26)27(31)11-8-20-13-15-30(19-25(20)28(32)33)16-17-35-22-6-4-2-3-5-7-22/h9-10,12,14,18,20,22,25H,2-8,11,13,15-17,19H2,1H3,(H,32,33)/t20-,25+/m1/s1. The summed E-state index contributed by atoms with van der Waals surface area (Å²) in [4.78, 5) is 31.9. The number of methoxy groups -OCH3 is 1. The number of aliphatic carboxylic acids is 1. The van der Waals surface area contributed by atoms with Crippen LogP contribution in [0.1, 0.15) is 68.1 Å². The smallest absolute Gasteiger partial charge is 0.308 e. The van der Waals surface area contributed by atoms with Gasteiger partial charge in [-0.3, -0.25) is 14.6 Å². The molecule has 2 heterocycles. The van der Waals surface area contributed by atoms with Crippen molar-refractivity contribution in [1.82, 2.24) is 9.88 Å². The van der Waals surface area contributed by atoms with Crippen LogP contribution in [0.25, 0.3) is 10.9 Å². The number of Topliss-reactive ketones (excluding diaryl/α,β-unsaturated/α-hetero) is 1. The van der Waals surface area contributed by atoms with Crippen molar-refractivity contribution in [3.8, 4) is 5.75 Å². The molecule has 2 atom stereocenters. The number of thioether (sulfide) groups is 1. The predicted octanol–water partition coefficient (Wildman–Crippen LogP) is 5.69. The van der Waals surface area contributed by atoms with Crippen LogP contribution < -0.4 is 4.74 Å². The van der Waals surface area contributed by atoms with E-state index >= 15 is 0 Å². The van der Waals surface area contributed by atoms with Gasteiger partial charge < -0.3 is 14.7 Å². The van der Waals surface area contributed by atoms with Crippen molar-refractivity contribution < 1.29 is 19.4 Å². The van der Waals surface area contributed by atoms with Gasteiger partial charge in [-0.25, -0.2) is 0 Å². The molecule has 35 heavy (non-hydrogen) atoms. The van der Waals surface area contributed by atoms with E-state index in [9.17, 15) is 14.7 Å². The lowest BCUT2D eigenvalue weighted by molar-refractivity contribution is -0.146. The number of fused-ring (bicyclic) bond motifs is 1. The summed E-state index contributed by atoms with van der Waals surface area (Å²) in [7, 11) is 1.60. The maximum absolute atomic E-state index is 13.1. The molecule has 1 saturated carbocycles. The van der Waals surface area contributed by atoms with Crippen LogP contribution in [0.4, 0.5) is 0 Å². The van der Waals surface area contributed by atoms with Gasteiger partial charge in [0.15, 0.2) is 5.78 Å². The van der Waals surface area contributed by atoms with E-state index < -0.39 is 11.9 Å². The molecule has 1 aliphatic carbocycles. The highest BCUT2D eigenvalue weighted by Crippen LogP contribution is 2.31. The number of carbonyl (C=O) groups is 2. The largest absolute Gasteiger partial charge is 0.497 e. The van der Waals surface area contributed by atoms with Crippen molar-refractivity contribution in [3.05, 3.63) is 36.0 Å². The third kappa shape index (κ3) is 6.98. The number of pyridine rings is 1. The van der Waals surface area contributed by atoms with Crippen LogP contribution in [0.3, 0.4) is 0 Å². The van der Waals surface area contributed by atoms with Crippen LogP contribution in [-0.2, 0) is 4.79 Å². The number of aromatic nitrogens is 1. The number of likely N-dealkylation sites (tertiary alicyclic amines) is 1.